The number of nitrogens with zero attached hydrogens (tertiary/aromatic N) is 2. The minimum Gasteiger partial charge on any atom is -0.465 e. The van der Waals surface area contributed by atoms with Crippen molar-refractivity contribution in [3.8, 4) is 0 Å². The van der Waals surface area contributed by atoms with Gasteiger partial charge in [-0.05, 0) is 24.6 Å². The fraction of sp³-hybridized carbons (Fsp3) is 0.188. The van der Waals surface area contributed by atoms with E-state index >= 15 is 0 Å². The van der Waals surface area contributed by atoms with Gasteiger partial charge in [-0.2, -0.15) is 0 Å². The number of amides is 1. The van der Waals surface area contributed by atoms with Crippen molar-refractivity contribution in [2.24, 2.45) is 0 Å². The topological polar surface area (TPSA) is 70.5 Å². The average Bonchev–Trinajstić information content (AvgIpc) is 2.52. The second kappa shape index (κ2) is 7.04. The molecule has 0 aliphatic rings. The number of ketones is 1. The van der Waals surface area contributed by atoms with Crippen LogP contribution in [0.4, 0.5) is 4.79 Å². The maximum Gasteiger partial charge on any atom is 0.408 e. The lowest BCUT2D eigenvalue weighted by molar-refractivity contribution is 0.0791. The van der Waals surface area contributed by atoms with Crippen molar-refractivity contribution in [3.05, 3.63) is 64.9 Å². The van der Waals surface area contributed by atoms with E-state index in [1.807, 2.05) is 30.3 Å². The van der Waals surface area contributed by atoms with Crippen molar-refractivity contribution in [1.29, 1.82) is 0 Å². The molecule has 0 spiro atoms. The predicted molar refractivity (Wildman–Crippen MR) is 83.0 cm³/mol. The number of carboxylic acid groups (broad SMARTS) is 1. The Morgan fingerprint density at radius 2 is 1.95 bits per heavy atom. The number of pyridine rings is 1. The normalized spacial score (nSPS) is 11.7. The Kier molecular flexibility index (Phi) is 5.12. The van der Waals surface area contributed by atoms with Crippen LogP contribution in [0.3, 0.4) is 0 Å². The Hall–Kier alpha value is -2.40. The molecule has 1 atom stereocenters. The number of carbonyl (C=O) groups is 2. The summed E-state index contributed by atoms with van der Waals surface area (Å²) >= 11 is 5.84. The number of halogens is 1. The maximum absolute atomic E-state index is 12.4. The molecule has 0 aliphatic heterocycles. The summed E-state index contributed by atoms with van der Waals surface area (Å²) < 4.78 is 0. The van der Waals surface area contributed by atoms with E-state index in [0.717, 1.165) is 10.5 Å². The minimum atomic E-state index is -1.16. The minimum absolute atomic E-state index is 0.129. The second-order valence-corrected chi connectivity index (χ2v) is 5.23. The van der Waals surface area contributed by atoms with Crippen molar-refractivity contribution in [2.75, 3.05) is 0 Å². The predicted octanol–water partition coefficient (Wildman–Crippen LogP) is 3.49. The fourth-order valence-corrected chi connectivity index (χ4v) is 2.21. The van der Waals surface area contributed by atoms with Crippen LogP contribution in [-0.4, -0.2) is 32.9 Å². The molecule has 0 saturated heterocycles. The molecule has 1 amide bonds. The number of carbonyl (C=O) groups excluding carboxylic acids is 1. The molecule has 0 saturated carbocycles. The van der Waals surface area contributed by atoms with Crippen molar-refractivity contribution < 1.29 is 14.7 Å². The fourth-order valence-electron chi connectivity index (χ4n) is 2.05. The molecule has 0 radical (unpaired) electrons. The van der Waals surface area contributed by atoms with E-state index in [1.54, 1.807) is 13.0 Å². The third kappa shape index (κ3) is 3.83. The zero-order valence-electron chi connectivity index (χ0n) is 11.9. The van der Waals surface area contributed by atoms with E-state index in [2.05, 4.69) is 4.98 Å². The van der Waals surface area contributed by atoms with Crippen molar-refractivity contribution in [3.63, 3.8) is 0 Å². The van der Waals surface area contributed by atoms with Crippen LogP contribution in [0.15, 0.2) is 48.7 Å². The first-order chi connectivity index (χ1) is 10.5. The maximum atomic E-state index is 12.4. The molecule has 0 unspecified atom stereocenters. The summed E-state index contributed by atoms with van der Waals surface area (Å²) in [6, 6.07) is 11.2. The van der Waals surface area contributed by atoms with Gasteiger partial charge in [-0.15, -0.1) is 0 Å². The molecular formula is C16H15ClN2O3. The van der Waals surface area contributed by atoms with Crippen LogP contribution in [0.5, 0.6) is 0 Å². The highest BCUT2D eigenvalue weighted by atomic mass is 35.5. The quantitative estimate of drug-likeness (QED) is 0.857. The Balaban J connectivity index is 2.21. The lowest BCUT2D eigenvalue weighted by Crippen LogP contribution is -2.42. The average molecular weight is 319 g/mol. The lowest BCUT2D eigenvalue weighted by Gasteiger charge is -2.25. The van der Waals surface area contributed by atoms with Gasteiger partial charge in [0.15, 0.2) is 0 Å². The van der Waals surface area contributed by atoms with Crippen LogP contribution in [0.1, 0.15) is 23.0 Å². The second-order valence-electron chi connectivity index (χ2n) is 4.80. The van der Waals surface area contributed by atoms with Crippen LogP contribution in [0.25, 0.3) is 0 Å². The molecule has 2 aromatic rings. The van der Waals surface area contributed by atoms with Crippen LogP contribution >= 0.6 is 11.6 Å². The zero-order valence-corrected chi connectivity index (χ0v) is 12.7. The summed E-state index contributed by atoms with van der Waals surface area (Å²) in [6.45, 7) is 1.67. The molecule has 1 aromatic heterocycles. The Morgan fingerprint density at radius 1 is 1.27 bits per heavy atom. The molecule has 0 bridgehead atoms. The summed E-state index contributed by atoms with van der Waals surface area (Å²) in [5, 5.41) is 9.77. The largest absolute Gasteiger partial charge is 0.465 e. The molecule has 0 fully saturated rings. The van der Waals surface area contributed by atoms with Gasteiger partial charge in [-0.1, -0.05) is 41.9 Å². The van der Waals surface area contributed by atoms with Gasteiger partial charge >= 0.3 is 6.09 Å². The number of aromatic nitrogens is 1. The molecule has 0 aliphatic carbocycles. The van der Waals surface area contributed by atoms with E-state index in [-0.39, 0.29) is 18.0 Å². The first-order valence-electron chi connectivity index (χ1n) is 6.68. The summed E-state index contributed by atoms with van der Waals surface area (Å²) in [5.74, 6) is -0.388. The van der Waals surface area contributed by atoms with Gasteiger partial charge in [0.1, 0.15) is 5.69 Å². The first-order valence-corrected chi connectivity index (χ1v) is 7.06. The van der Waals surface area contributed by atoms with Crippen molar-refractivity contribution in [2.45, 2.75) is 19.5 Å². The van der Waals surface area contributed by atoms with Gasteiger partial charge < -0.3 is 5.11 Å². The summed E-state index contributed by atoms with van der Waals surface area (Å²) in [7, 11) is 0. The van der Waals surface area contributed by atoms with Gasteiger partial charge in [0.2, 0.25) is 5.78 Å². The van der Waals surface area contributed by atoms with E-state index in [0.29, 0.717) is 5.02 Å². The molecule has 22 heavy (non-hydrogen) atoms. The molecular weight excluding hydrogens is 304 g/mol. The number of hydrogen-bond acceptors (Lipinski definition) is 3. The van der Waals surface area contributed by atoms with Crippen LogP contribution < -0.4 is 0 Å². The van der Waals surface area contributed by atoms with Gasteiger partial charge in [0, 0.05) is 17.8 Å². The van der Waals surface area contributed by atoms with Gasteiger partial charge in [0.25, 0.3) is 0 Å². The first kappa shape index (κ1) is 16.0. The molecule has 2 rings (SSSR count). The number of benzene rings is 1. The highest BCUT2D eigenvalue weighted by molar-refractivity contribution is 6.30. The molecule has 6 heteroatoms. The Morgan fingerprint density at radius 3 is 2.55 bits per heavy atom. The monoisotopic (exact) mass is 318 g/mol. The molecule has 1 heterocycles. The molecule has 5 nitrogen and oxygen atoms in total. The molecule has 114 valence electrons. The number of rotatable bonds is 5. The van der Waals surface area contributed by atoms with Crippen LogP contribution in [-0.2, 0) is 6.54 Å². The van der Waals surface area contributed by atoms with E-state index in [4.69, 9.17) is 11.6 Å². The third-order valence-electron chi connectivity index (χ3n) is 3.26. The number of Topliss-reactive ketones (excluding diaryl/α,β-unsaturated/α-hetero) is 1. The van der Waals surface area contributed by atoms with E-state index < -0.39 is 12.1 Å². The van der Waals surface area contributed by atoms with Crippen molar-refractivity contribution >= 4 is 23.5 Å². The SMILES string of the molecule is C[C@@H](C(=O)c1cc(Cl)ccn1)N(Cc1ccccc1)C(=O)O. The molecule has 1 aromatic carbocycles. The summed E-state index contributed by atoms with van der Waals surface area (Å²) in [6.07, 6.45) is 0.261. The van der Waals surface area contributed by atoms with Crippen LogP contribution in [0.2, 0.25) is 5.02 Å². The van der Waals surface area contributed by atoms with E-state index in [9.17, 15) is 14.7 Å². The van der Waals surface area contributed by atoms with E-state index in [1.165, 1.54) is 12.3 Å². The Labute approximate surface area is 133 Å². The standard InChI is InChI=1S/C16H15ClN2O3/c1-11(15(20)14-9-13(17)7-8-18-14)19(16(21)22)10-12-5-3-2-4-6-12/h2-9,11H,10H2,1H3,(H,21,22)/t11-/m0/s1. The van der Waals surface area contributed by atoms with Gasteiger partial charge in [0.05, 0.1) is 6.04 Å². The summed E-state index contributed by atoms with van der Waals surface area (Å²) in [4.78, 5) is 28.9. The van der Waals surface area contributed by atoms with Gasteiger partial charge in [-0.25, -0.2) is 4.79 Å². The Bertz CT molecular complexity index is 676. The molecule has 1 N–H and O–H groups in total. The van der Waals surface area contributed by atoms with Crippen molar-refractivity contribution in [1.82, 2.24) is 9.88 Å². The smallest absolute Gasteiger partial charge is 0.408 e. The zero-order chi connectivity index (χ0) is 16.1. The third-order valence-corrected chi connectivity index (χ3v) is 3.50. The van der Waals surface area contributed by atoms with Crippen LogP contribution in [0, 0.1) is 0 Å². The lowest BCUT2D eigenvalue weighted by atomic mass is 10.1. The number of hydrogen-bond donors (Lipinski definition) is 1. The van der Waals surface area contributed by atoms with Gasteiger partial charge in [-0.3, -0.25) is 14.7 Å². The highest BCUT2D eigenvalue weighted by Gasteiger charge is 2.27. The summed E-state index contributed by atoms with van der Waals surface area (Å²) in [5.41, 5.74) is 0.961. The highest BCUT2D eigenvalue weighted by Crippen LogP contribution is 2.15.